The Balaban J connectivity index is 1.45. The molecule has 146 valence electrons. The molecular weight excluding hydrogens is 358 g/mol. The second kappa shape index (κ2) is 7.64. The van der Waals surface area contributed by atoms with Gasteiger partial charge in [0, 0.05) is 24.9 Å². The number of ether oxygens (including phenoxy) is 1. The summed E-state index contributed by atoms with van der Waals surface area (Å²) in [6.45, 7) is 0.944. The van der Waals surface area contributed by atoms with E-state index in [0.29, 0.717) is 19.4 Å². The van der Waals surface area contributed by atoms with Gasteiger partial charge in [-0.25, -0.2) is 9.59 Å². The molecule has 2 N–H and O–H groups in total. The second-order valence-corrected chi connectivity index (χ2v) is 7.44. The van der Waals surface area contributed by atoms with Crippen LogP contribution in [0.5, 0.6) is 0 Å². The molecule has 2 aromatic carbocycles. The molecule has 6 nitrogen and oxygen atoms in total. The van der Waals surface area contributed by atoms with Crippen LogP contribution < -0.4 is 0 Å². The number of hydrogen-bond acceptors (Lipinski definition) is 4. The van der Waals surface area contributed by atoms with Crippen molar-refractivity contribution < 1.29 is 24.5 Å². The van der Waals surface area contributed by atoms with Crippen molar-refractivity contribution in [2.75, 3.05) is 19.7 Å². The summed E-state index contributed by atoms with van der Waals surface area (Å²) in [4.78, 5) is 25.1. The highest BCUT2D eigenvalue weighted by Crippen LogP contribution is 2.44. The minimum Gasteiger partial charge on any atom is -0.479 e. The molecule has 1 fully saturated rings. The topological polar surface area (TPSA) is 87.1 Å². The lowest BCUT2D eigenvalue weighted by Gasteiger charge is -2.33. The van der Waals surface area contributed by atoms with Crippen LogP contribution in [0.15, 0.2) is 48.5 Å². The zero-order valence-corrected chi connectivity index (χ0v) is 15.5. The Morgan fingerprint density at radius 3 is 2.29 bits per heavy atom. The lowest BCUT2D eigenvalue weighted by atomic mass is 9.93. The van der Waals surface area contributed by atoms with E-state index in [2.05, 4.69) is 24.3 Å². The first-order valence-electron chi connectivity index (χ1n) is 9.57. The first kappa shape index (κ1) is 18.5. The molecule has 2 atom stereocenters. The van der Waals surface area contributed by atoms with Gasteiger partial charge in [-0.1, -0.05) is 48.5 Å². The molecule has 0 aromatic heterocycles. The van der Waals surface area contributed by atoms with Crippen molar-refractivity contribution in [1.82, 2.24) is 4.90 Å². The van der Waals surface area contributed by atoms with Crippen LogP contribution in [0.4, 0.5) is 4.79 Å². The van der Waals surface area contributed by atoms with Gasteiger partial charge in [0.2, 0.25) is 0 Å². The van der Waals surface area contributed by atoms with Gasteiger partial charge in [0.15, 0.2) is 6.10 Å². The molecule has 1 aliphatic carbocycles. The Hall–Kier alpha value is -2.86. The summed E-state index contributed by atoms with van der Waals surface area (Å²) in [5, 5.41) is 18.8. The summed E-state index contributed by atoms with van der Waals surface area (Å²) in [7, 11) is 0. The molecule has 0 radical (unpaired) electrons. The molecule has 1 saturated heterocycles. The summed E-state index contributed by atoms with van der Waals surface area (Å²) in [5.41, 5.74) is 4.63. The minimum absolute atomic E-state index is 0.0125. The monoisotopic (exact) mass is 381 g/mol. The number of aliphatic carboxylic acids is 1. The molecule has 1 heterocycles. The maximum absolute atomic E-state index is 12.6. The standard InChI is InChI=1S/C22H23NO5/c24-20(21(25)26)14-6-5-11-23(12-14)22(27)28-13-19-17-9-3-1-7-15(17)16-8-2-4-10-18(16)19/h1-4,7-10,14,19-20,24H,5-6,11-13H2,(H,25,26). The summed E-state index contributed by atoms with van der Waals surface area (Å²) in [6.07, 6.45) is -0.673. The minimum atomic E-state index is -1.45. The third kappa shape index (κ3) is 3.36. The number of piperidine rings is 1. The van der Waals surface area contributed by atoms with Crippen LogP contribution in [-0.4, -0.2) is 53.0 Å². The fourth-order valence-electron chi connectivity index (χ4n) is 4.32. The Kier molecular flexibility index (Phi) is 5.05. The normalized spacial score (nSPS) is 19.6. The van der Waals surface area contributed by atoms with Gasteiger partial charge in [0.1, 0.15) is 6.61 Å². The molecule has 2 aromatic rings. The van der Waals surface area contributed by atoms with Crippen LogP contribution in [0.2, 0.25) is 0 Å². The average Bonchev–Trinajstić information content (AvgIpc) is 3.05. The van der Waals surface area contributed by atoms with Crippen LogP contribution in [0.3, 0.4) is 0 Å². The molecular formula is C22H23NO5. The lowest BCUT2D eigenvalue weighted by Crippen LogP contribution is -2.45. The van der Waals surface area contributed by atoms with Crippen LogP contribution in [-0.2, 0) is 9.53 Å². The molecule has 0 bridgehead atoms. The number of carboxylic acids is 1. The van der Waals surface area contributed by atoms with Crippen LogP contribution in [0.1, 0.15) is 29.9 Å². The molecule has 0 spiro atoms. The van der Waals surface area contributed by atoms with E-state index in [1.165, 1.54) is 16.0 Å². The number of aliphatic hydroxyl groups is 1. The first-order chi connectivity index (χ1) is 13.6. The third-order valence-corrected chi connectivity index (χ3v) is 5.75. The Morgan fingerprint density at radius 1 is 1.07 bits per heavy atom. The lowest BCUT2D eigenvalue weighted by molar-refractivity contribution is -0.150. The quantitative estimate of drug-likeness (QED) is 0.850. The molecule has 2 aliphatic rings. The largest absolute Gasteiger partial charge is 0.479 e. The number of carbonyl (C=O) groups excluding carboxylic acids is 1. The second-order valence-electron chi connectivity index (χ2n) is 7.44. The van der Waals surface area contributed by atoms with E-state index in [9.17, 15) is 14.7 Å². The number of amides is 1. The van der Waals surface area contributed by atoms with E-state index in [1.807, 2.05) is 24.3 Å². The Morgan fingerprint density at radius 2 is 1.68 bits per heavy atom. The van der Waals surface area contributed by atoms with E-state index < -0.39 is 24.1 Å². The van der Waals surface area contributed by atoms with Crippen molar-refractivity contribution in [3.8, 4) is 11.1 Å². The van der Waals surface area contributed by atoms with E-state index in [1.54, 1.807) is 0 Å². The van der Waals surface area contributed by atoms with Crippen LogP contribution >= 0.6 is 0 Å². The zero-order valence-electron chi connectivity index (χ0n) is 15.5. The van der Waals surface area contributed by atoms with Crippen molar-refractivity contribution in [3.63, 3.8) is 0 Å². The number of carbonyl (C=O) groups is 2. The van der Waals surface area contributed by atoms with E-state index in [4.69, 9.17) is 9.84 Å². The van der Waals surface area contributed by atoms with Crippen molar-refractivity contribution in [2.24, 2.45) is 5.92 Å². The van der Waals surface area contributed by atoms with Gasteiger partial charge >= 0.3 is 12.1 Å². The number of carboxylic acid groups (broad SMARTS) is 1. The zero-order chi connectivity index (χ0) is 19.7. The van der Waals surface area contributed by atoms with E-state index in [-0.39, 0.29) is 19.1 Å². The Labute approximate surface area is 163 Å². The Bertz CT molecular complexity index is 851. The van der Waals surface area contributed by atoms with Crippen molar-refractivity contribution >= 4 is 12.1 Å². The predicted octanol–water partition coefficient (Wildman–Crippen LogP) is 3.09. The number of hydrogen-bond donors (Lipinski definition) is 2. The van der Waals surface area contributed by atoms with Gasteiger partial charge in [0.05, 0.1) is 0 Å². The highest BCUT2D eigenvalue weighted by atomic mass is 16.6. The molecule has 2 unspecified atom stereocenters. The molecule has 1 amide bonds. The average molecular weight is 381 g/mol. The highest BCUT2D eigenvalue weighted by molar-refractivity contribution is 5.79. The summed E-state index contributed by atoms with van der Waals surface area (Å²) in [5.74, 6) is -1.73. The van der Waals surface area contributed by atoms with E-state index in [0.717, 1.165) is 11.1 Å². The van der Waals surface area contributed by atoms with Crippen LogP contribution in [0.25, 0.3) is 11.1 Å². The molecule has 6 heteroatoms. The molecule has 4 rings (SSSR count). The van der Waals surface area contributed by atoms with Gasteiger partial charge in [-0.2, -0.15) is 0 Å². The van der Waals surface area contributed by atoms with Crippen molar-refractivity contribution in [2.45, 2.75) is 24.9 Å². The predicted molar refractivity (Wildman–Crippen MR) is 103 cm³/mol. The van der Waals surface area contributed by atoms with Gasteiger partial charge < -0.3 is 19.8 Å². The fourth-order valence-corrected chi connectivity index (χ4v) is 4.32. The van der Waals surface area contributed by atoms with Gasteiger partial charge in [0.25, 0.3) is 0 Å². The SMILES string of the molecule is O=C(O)C(O)C1CCCN(C(=O)OCC2c3ccccc3-c3ccccc32)C1. The number of rotatable bonds is 4. The number of nitrogens with zero attached hydrogens (tertiary/aromatic N) is 1. The fraction of sp³-hybridized carbons (Fsp3) is 0.364. The van der Waals surface area contributed by atoms with Gasteiger partial charge in [-0.3, -0.25) is 0 Å². The van der Waals surface area contributed by atoms with Crippen molar-refractivity contribution in [3.05, 3.63) is 59.7 Å². The number of aliphatic hydroxyl groups excluding tert-OH is 1. The van der Waals surface area contributed by atoms with Crippen LogP contribution in [0, 0.1) is 5.92 Å². The van der Waals surface area contributed by atoms with Gasteiger partial charge in [-0.15, -0.1) is 0 Å². The third-order valence-electron chi connectivity index (χ3n) is 5.75. The summed E-state index contributed by atoms with van der Waals surface area (Å²) >= 11 is 0. The highest BCUT2D eigenvalue weighted by Gasteiger charge is 2.34. The maximum Gasteiger partial charge on any atom is 0.409 e. The van der Waals surface area contributed by atoms with E-state index >= 15 is 0 Å². The molecule has 28 heavy (non-hydrogen) atoms. The first-order valence-corrected chi connectivity index (χ1v) is 9.57. The number of likely N-dealkylation sites (tertiary alicyclic amines) is 1. The smallest absolute Gasteiger partial charge is 0.409 e. The van der Waals surface area contributed by atoms with Crippen molar-refractivity contribution in [1.29, 1.82) is 0 Å². The summed E-state index contributed by atoms with van der Waals surface area (Å²) < 4.78 is 5.63. The molecule has 1 aliphatic heterocycles. The number of benzene rings is 2. The number of fused-ring (bicyclic) bond motifs is 3. The summed E-state index contributed by atoms with van der Waals surface area (Å²) in [6, 6.07) is 16.3. The molecule has 0 saturated carbocycles. The maximum atomic E-state index is 12.6. The van der Waals surface area contributed by atoms with Gasteiger partial charge in [-0.05, 0) is 35.1 Å².